The van der Waals surface area contributed by atoms with Crippen molar-refractivity contribution in [1.82, 2.24) is 4.31 Å². The molecular weight excluding hydrogens is 236 g/mol. The summed E-state index contributed by atoms with van der Waals surface area (Å²) < 4.78 is 25.8. The van der Waals surface area contributed by atoms with Gasteiger partial charge in [0.15, 0.2) is 0 Å². The monoisotopic (exact) mass is 264 g/mol. The summed E-state index contributed by atoms with van der Waals surface area (Å²) in [6.07, 6.45) is 4.55. The van der Waals surface area contributed by atoms with Crippen LogP contribution in [0, 0.1) is 0 Å². The van der Waals surface area contributed by atoms with Crippen LogP contribution in [0.25, 0.3) is 0 Å². The van der Waals surface area contributed by atoms with Crippen LogP contribution in [0.4, 0.5) is 0 Å². The van der Waals surface area contributed by atoms with Crippen molar-refractivity contribution >= 4 is 10.0 Å². The van der Waals surface area contributed by atoms with Gasteiger partial charge in [0, 0.05) is 19.1 Å². The Kier molecular flexibility index (Phi) is 8.82. The van der Waals surface area contributed by atoms with E-state index in [4.69, 9.17) is 5.73 Å². The third kappa shape index (κ3) is 7.01. The second kappa shape index (κ2) is 8.89. The lowest BCUT2D eigenvalue weighted by atomic mass is 10.2. The number of hydrogen-bond donors (Lipinski definition) is 1. The summed E-state index contributed by atoms with van der Waals surface area (Å²) in [5, 5.41) is 0. The summed E-state index contributed by atoms with van der Waals surface area (Å²) in [6, 6.07) is -0.226. The molecule has 0 bridgehead atoms. The van der Waals surface area contributed by atoms with Crippen LogP contribution in [-0.4, -0.2) is 37.6 Å². The van der Waals surface area contributed by atoms with Gasteiger partial charge >= 0.3 is 0 Å². The molecule has 0 saturated carbocycles. The van der Waals surface area contributed by atoms with E-state index in [1.165, 1.54) is 0 Å². The highest BCUT2D eigenvalue weighted by atomic mass is 32.2. The molecule has 0 aromatic heterocycles. The molecule has 0 saturated heterocycles. The maximum absolute atomic E-state index is 12.1. The molecule has 0 heterocycles. The molecule has 0 aliphatic carbocycles. The van der Waals surface area contributed by atoms with E-state index in [-0.39, 0.29) is 11.8 Å². The Morgan fingerprint density at radius 1 is 1.06 bits per heavy atom. The lowest BCUT2D eigenvalue weighted by Crippen LogP contribution is -2.40. The molecule has 5 heteroatoms. The Balaban J connectivity index is 4.40. The summed E-state index contributed by atoms with van der Waals surface area (Å²) in [5.41, 5.74) is 5.87. The molecule has 17 heavy (non-hydrogen) atoms. The zero-order valence-corrected chi connectivity index (χ0v) is 12.3. The molecule has 0 aliphatic rings. The van der Waals surface area contributed by atoms with Crippen molar-refractivity contribution in [2.45, 2.75) is 58.9 Å². The standard InChI is InChI=1S/C12H28N2O2S/c1-4-7-8-12(13)11-17(15,16)14(9-5-2)10-6-3/h12H,4-11,13H2,1-3H3. The van der Waals surface area contributed by atoms with Crippen LogP contribution in [0.15, 0.2) is 0 Å². The quantitative estimate of drug-likeness (QED) is 0.656. The minimum Gasteiger partial charge on any atom is -0.327 e. The Labute approximate surface area is 107 Å². The van der Waals surface area contributed by atoms with Crippen LogP contribution in [-0.2, 0) is 10.0 Å². The predicted molar refractivity (Wildman–Crippen MR) is 73.4 cm³/mol. The summed E-state index contributed by atoms with van der Waals surface area (Å²) in [5.74, 6) is 0.0903. The highest BCUT2D eigenvalue weighted by molar-refractivity contribution is 7.89. The van der Waals surface area contributed by atoms with Gasteiger partial charge in [-0.15, -0.1) is 0 Å². The maximum Gasteiger partial charge on any atom is 0.215 e. The third-order valence-corrected chi connectivity index (χ3v) is 4.69. The van der Waals surface area contributed by atoms with Crippen molar-refractivity contribution in [3.05, 3.63) is 0 Å². The van der Waals surface area contributed by atoms with Crippen molar-refractivity contribution in [2.75, 3.05) is 18.8 Å². The topological polar surface area (TPSA) is 63.4 Å². The molecule has 0 spiro atoms. The molecule has 0 aliphatic heterocycles. The fourth-order valence-electron chi connectivity index (χ4n) is 1.81. The molecule has 0 amide bonds. The Hall–Kier alpha value is -0.130. The van der Waals surface area contributed by atoms with Crippen LogP contribution < -0.4 is 5.73 Å². The molecule has 1 atom stereocenters. The Morgan fingerprint density at radius 3 is 2.00 bits per heavy atom. The summed E-state index contributed by atoms with van der Waals surface area (Å²) in [7, 11) is -3.17. The maximum atomic E-state index is 12.1. The molecule has 2 N–H and O–H groups in total. The van der Waals surface area contributed by atoms with Gasteiger partial charge in [-0.3, -0.25) is 0 Å². The van der Waals surface area contributed by atoms with Crippen molar-refractivity contribution < 1.29 is 8.42 Å². The Morgan fingerprint density at radius 2 is 1.59 bits per heavy atom. The average molecular weight is 264 g/mol. The number of sulfonamides is 1. The molecule has 0 fully saturated rings. The van der Waals surface area contributed by atoms with E-state index < -0.39 is 10.0 Å². The van der Waals surface area contributed by atoms with E-state index in [0.717, 1.165) is 32.1 Å². The van der Waals surface area contributed by atoms with Crippen molar-refractivity contribution in [2.24, 2.45) is 5.73 Å². The van der Waals surface area contributed by atoms with Crippen molar-refractivity contribution in [1.29, 1.82) is 0 Å². The van der Waals surface area contributed by atoms with E-state index >= 15 is 0 Å². The number of nitrogens with two attached hydrogens (primary N) is 1. The van der Waals surface area contributed by atoms with E-state index in [1.807, 2.05) is 13.8 Å². The van der Waals surface area contributed by atoms with Crippen LogP contribution in [0.3, 0.4) is 0 Å². The fraction of sp³-hybridized carbons (Fsp3) is 1.00. The summed E-state index contributed by atoms with van der Waals surface area (Å²) in [4.78, 5) is 0. The van der Waals surface area contributed by atoms with Gasteiger partial charge in [-0.2, -0.15) is 0 Å². The molecular formula is C12H28N2O2S. The zero-order valence-electron chi connectivity index (χ0n) is 11.5. The smallest absolute Gasteiger partial charge is 0.215 e. The predicted octanol–water partition coefficient (Wildman–Crippen LogP) is 1.96. The molecule has 0 aromatic carbocycles. The summed E-state index contributed by atoms with van der Waals surface area (Å²) in [6.45, 7) is 7.29. The first-order chi connectivity index (χ1) is 7.97. The molecule has 4 nitrogen and oxygen atoms in total. The zero-order chi connectivity index (χ0) is 13.3. The van der Waals surface area contributed by atoms with Gasteiger partial charge in [-0.25, -0.2) is 12.7 Å². The van der Waals surface area contributed by atoms with Gasteiger partial charge < -0.3 is 5.73 Å². The second-order valence-corrected chi connectivity index (χ2v) is 6.59. The van der Waals surface area contributed by atoms with Gasteiger partial charge in [0.1, 0.15) is 0 Å². The van der Waals surface area contributed by atoms with Gasteiger partial charge in [0.25, 0.3) is 0 Å². The minimum atomic E-state index is -3.17. The normalized spacial score (nSPS) is 14.2. The van der Waals surface area contributed by atoms with Crippen LogP contribution in [0.1, 0.15) is 52.9 Å². The van der Waals surface area contributed by atoms with Gasteiger partial charge in [0.2, 0.25) is 10.0 Å². The third-order valence-electron chi connectivity index (χ3n) is 2.69. The number of rotatable bonds is 10. The first kappa shape index (κ1) is 16.9. The van der Waals surface area contributed by atoms with Crippen LogP contribution >= 0.6 is 0 Å². The highest BCUT2D eigenvalue weighted by Crippen LogP contribution is 2.08. The Bertz CT molecular complexity index is 272. The molecule has 1 unspecified atom stereocenters. The molecule has 0 aromatic rings. The highest BCUT2D eigenvalue weighted by Gasteiger charge is 2.23. The SMILES string of the molecule is CCCCC(N)CS(=O)(=O)N(CCC)CCC. The van der Waals surface area contributed by atoms with Crippen molar-refractivity contribution in [3.63, 3.8) is 0 Å². The second-order valence-electron chi connectivity index (χ2n) is 4.58. The number of hydrogen-bond acceptors (Lipinski definition) is 3. The first-order valence-corrected chi connectivity index (χ1v) is 8.32. The largest absolute Gasteiger partial charge is 0.327 e. The summed E-state index contributed by atoms with van der Waals surface area (Å²) >= 11 is 0. The lowest BCUT2D eigenvalue weighted by Gasteiger charge is -2.23. The van der Waals surface area contributed by atoms with Crippen molar-refractivity contribution in [3.8, 4) is 0 Å². The van der Waals surface area contributed by atoms with Gasteiger partial charge in [-0.1, -0.05) is 33.6 Å². The first-order valence-electron chi connectivity index (χ1n) is 6.71. The van der Waals surface area contributed by atoms with E-state index in [2.05, 4.69) is 6.92 Å². The fourth-order valence-corrected chi connectivity index (χ4v) is 3.65. The average Bonchev–Trinajstić information content (AvgIpc) is 2.25. The van der Waals surface area contributed by atoms with E-state index in [1.54, 1.807) is 4.31 Å². The molecule has 0 radical (unpaired) electrons. The van der Waals surface area contributed by atoms with Crippen LogP contribution in [0.5, 0.6) is 0 Å². The van der Waals surface area contributed by atoms with E-state index in [9.17, 15) is 8.42 Å². The van der Waals surface area contributed by atoms with E-state index in [0.29, 0.717) is 13.1 Å². The van der Waals surface area contributed by atoms with Gasteiger partial charge in [-0.05, 0) is 19.3 Å². The molecule has 0 rings (SSSR count). The molecule has 104 valence electrons. The van der Waals surface area contributed by atoms with Gasteiger partial charge in [0.05, 0.1) is 5.75 Å². The van der Waals surface area contributed by atoms with Crippen LogP contribution in [0.2, 0.25) is 0 Å². The number of unbranched alkanes of at least 4 members (excludes halogenated alkanes) is 1. The number of nitrogens with zero attached hydrogens (tertiary/aromatic N) is 1. The minimum absolute atomic E-state index is 0.0903. The lowest BCUT2D eigenvalue weighted by molar-refractivity contribution is 0.406.